The number of hydrogen-bond acceptors (Lipinski definition) is 5. The van der Waals surface area contributed by atoms with Crippen LogP contribution in [0, 0.1) is 0 Å². The fraction of sp³-hybridized carbons (Fsp3) is 0.905. The van der Waals surface area contributed by atoms with Gasteiger partial charge in [-0.25, -0.2) is 0 Å². The number of unbranched alkanes of at least 4 members (excludes halogenated alkanes) is 9. The van der Waals surface area contributed by atoms with Crippen molar-refractivity contribution >= 4 is 0 Å². The van der Waals surface area contributed by atoms with Gasteiger partial charge in [-0.1, -0.05) is 57.6 Å². The fourth-order valence-corrected chi connectivity index (χ4v) is 3.18. The number of hydrogen-bond donors (Lipinski definition) is 3. The highest BCUT2D eigenvalue weighted by Gasteiger charge is 2.39. The molecule has 26 heavy (non-hydrogen) atoms. The molecule has 0 aromatic heterocycles. The molecule has 0 aliphatic carbocycles. The molecule has 0 aromatic carbocycles. The van der Waals surface area contributed by atoms with Crippen LogP contribution in [-0.4, -0.2) is 59.6 Å². The van der Waals surface area contributed by atoms with Gasteiger partial charge in [-0.15, -0.1) is 0 Å². The molecule has 1 aliphatic heterocycles. The van der Waals surface area contributed by atoms with Crippen molar-refractivity contribution in [3.8, 4) is 0 Å². The van der Waals surface area contributed by atoms with Crippen LogP contribution in [-0.2, 0) is 9.47 Å². The van der Waals surface area contributed by atoms with Crippen LogP contribution in [0.1, 0.15) is 77.6 Å². The molecule has 1 saturated heterocycles. The molecule has 0 amide bonds. The van der Waals surface area contributed by atoms with Crippen molar-refractivity contribution in [1.82, 2.24) is 0 Å². The zero-order valence-electron chi connectivity index (χ0n) is 16.5. The summed E-state index contributed by atoms with van der Waals surface area (Å²) in [5, 5.41) is 29.0. The second-order valence-corrected chi connectivity index (χ2v) is 7.38. The lowest BCUT2D eigenvalue weighted by Gasteiger charge is -2.20. The Hall–Kier alpha value is -0.460. The van der Waals surface area contributed by atoms with Crippen LogP contribution in [0.4, 0.5) is 0 Å². The number of aliphatic hydroxyl groups is 3. The van der Waals surface area contributed by atoms with Crippen LogP contribution in [0.15, 0.2) is 12.2 Å². The predicted octanol–water partition coefficient (Wildman–Crippen LogP) is 3.35. The van der Waals surface area contributed by atoms with Gasteiger partial charge >= 0.3 is 0 Å². The van der Waals surface area contributed by atoms with Gasteiger partial charge in [0.1, 0.15) is 24.4 Å². The maximum atomic E-state index is 9.91. The molecule has 154 valence electrons. The smallest absolute Gasteiger partial charge is 0.114 e. The van der Waals surface area contributed by atoms with E-state index in [1.165, 1.54) is 44.9 Å². The SMILES string of the molecule is CCCCCCCC/C=C/CCCCCOC[C@H](O)[C@@H]1OC[C@@H](O)[C@@H]1O. The molecule has 4 atom stereocenters. The van der Waals surface area contributed by atoms with E-state index in [2.05, 4.69) is 19.1 Å². The van der Waals surface area contributed by atoms with Gasteiger partial charge in [0.15, 0.2) is 0 Å². The van der Waals surface area contributed by atoms with E-state index in [4.69, 9.17) is 9.47 Å². The minimum absolute atomic E-state index is 0.0648. The van der Waals surface area contributed by atoms with Crippen molar-refractivity contribution in [3.63, 3.8) is 0 Å². The van der Waals surface area contributed by atoms with Gasteiger partial charge in [-0.3, -0.25) is 0 Å². The Balaban J connectivity index is 1.84. The lowest BCUT2D eigenvalue weighted by molar-refractivity contribution is -0.0813. The molecule has 1 heterocycles. The van der Waals surface area contributed by atoms with Gasteiger partial charge < -0.3 is 24.8 Å². The number of allylic oxidation sites excluding steroid dienone is 2. The van der Waals surface area contributed by atoms with Gasteiger partial charge in [-0.05, 0) is 32.1 Å². The predicted molar refractivity (Wildman–Crippen MR) is 104 cm³/mol. The summed E-state index contributed by atoms with van der Waals surface area (Å²) in [4.78, 5) is 0. The van der Waals surface area contributed by atoms with E-state index in [-0.39, 0.29) is 13.2 Å². The highest BCUT2D eigenvalue weighted by Crippen LogP contribution is 2.18. The monoisotopic (exact) mass is 372 g/mol. The Labute approximate surface area is 159 Å². The fourth-order valence-electron chi connectivity index (χ4n) is 3.18. The summed E-state index contributed by atoms with van der Waals surface area (Å²) in [5.74, 6) is 0. The normalized spacial score (nSPS) is 24.5. The number of ether oxygens (including phenoxy) is 2. The van der Waals surface area contributed by atoms with Crippen LogP contribution in [0.5, 0.6) is 0 Å². The topological polar surface area (TPSA) is 79.2 Å². The molecule has 0 spiro atoms. The Morgan fingerprint density at radius 1 is 0.962 bits per heavy atom. The van der Waals surface area contributed by atoms with Gasteiger partial charge in [0.25, 0.3) is 0 Å². The maximum Gasteiger partial charge on any atom is 0.114 e. The van der Waals surface area contributed by atoms with Crippen molar-refractivity contribution in [2.75, 3.05) is 19.8 Å². The molecule has 3 N–H and O–H groups in total. The molecule has 0 saturated carbocycles. The summed E-state index contributed by atoms with van der Waals surface area (Å²) < 4.78 is 10.6. The van der Waals surface area contributed by atoms with Crippen molar-refractivity contribution < 1.29 is 24.8 Å². The van der Waals surface area contributed by atoms with Crippen molar-refractivity contribution in [3.05, 3.63) is 12.2 Å². The summed E-state index contributed by atoms with van der Waals surface area (Å²) >= 11 is 0. The zero-order chi connectivity index (χ0) is 19.0. The third kappa shape index (κ3) is 10.6. The van der Waals surface area contributed by atoms with E-state index in [1.807, 2.05) is 0 Å². The van der Waals surface area contributed by atoms with E-state index < -0.39 is 24.4 Å². The molecule has 0 unspecified atom stereocenters. The van der Waals surface area contributed by atoms with E-state index >= 15 is 0 Å². The molecule has 5 heteroatoms. The second-order valence-electron chi connectivity index (χ2n) is 7.38. The van der Waals surface area contributed by atoms with Crippen LogP contribution in [0.3, 0.4) is 0 Å². The Kier molecular flexibility index (Phi) is 14.1. The lowest BCUT2D eigenvalue weighted by Crippen LogP contribution is -2.40. The highest BCUT2D eigenvalue weighted by molar-refractivity contribution is 4.87. The molecule has 1 fully saturated rings. The Morgan fingerprint density at radius 2 is 1.58 bits per heavy atom. The van der Waals surface area contributed by atoms with Crippen LogP contribution < -0.4 is 0 Å². The van der Waals surface area contributed by atoms with Crippen molar-refractivity contribution in [2.24, 2.45) is 0 Å². The minimum Gasteiger partial charge on any atom is -0.388 e. The molecule has 0 aromatic rings. The first-order valence-corrected chi connectivity index (χ1v) is 10.5. The molecular weight excluding hydrogens is 332 g/mol. The largest absolute Gasteiger partial charge is 0.388 e. The van der Waals surface area contributed by atoms with Gasteiger partial charge in [-0.2, -0.15) is 0 Å². The molecular formula is C21H40O5. The van der Waals surface area contributed by atoms with E-state index in [0.717, 1.165) is 25.7 Å². The summed E-state index contributed by atoms with van der Waals surface area (Å²) in [6, 6.07) is 0. The maximum absolute atomic E-state index is 9.91. The van der Waals surface area contributed by atoms with Crippen LogP contribution >= 0.6 is 0 Å². The van der Waals surface area contributed by atoms with Crippen molar-refractivity contribution in [1.29, 1.82) is 0 Å². The first-order chi connectivity index (χ1) is 12.7. The van der Waals surface area contributed by atoms with Gasteiger partial charge in [0.2, 0.25) is 0 Å². The summed E-state index contributed by atoms with van der Waals surface area (Å²) in [7, 11) is 0. The average molecular weight is 373 g/mol. The minimum atomic E-state index is -1.03. The highest BCUT2D eigenvalue weighted by atomic mass is 16.5. The number of aliphatic hydroxyl groups excluding tert-OH is 3. The van der Waals surface area contributed by atoms with Gasteiger partial charge in [0, 0.05) is 6.61 Å². The second kappa shape index (κ2) is 15.6. The third-order valence-electron chi connectivity index (χ3n) is 4.91. The summed E-state index contributed by atoms with van der Waals surface area (Å²) in [6.07, 6.45) is 14.7. The summed E-state index contributed by atoms with van der Waals surface area (Å²) in [6.45, 7) is 3.05. The van der Waals surface area contributed by atoms with Gasteiger partial charge in [0.05, 0.1) is 13.2 Å². The molecule has 0 bridgehead atoms. The molecule has 1 aliphatic rings. The van der Waals surface area contributed by atoms with E-state index in [9.17, 15) is 15.3 Å². The first-order valence-electron chi connectivity index (χ1n) is 10.5. The summed E-state index contributed by atoms with van der Waals surface area (Å²) in [5.41, 5.74) is 0. The molecule has 0 radical (unpaired) electrons. The van der Waals surface area contributed by atoms with Crippen LogP contribution in [0.2, 0.25) is 0 Å². The van der Waals surface area contributed by atoms with E-state index in [1.54, 1.807) is 0 Å². The van der Waals surface area contributed by atoms with E-state index in [0.29, 0.717) is 6.61 Å². The molecule has 1 rings (SSSR count). The first kappa shape index (κ1) is 23.6. The van der Waals surface area contributed by atoms with Crippen molar-refractivity contribution in [2.45, 2.75) is 102 Å². The van der Waals surface area contributed by atoms with Crippen LogP contribution in [0.25, 0.3) is 0 Å². The Morgan fingerprint density at radius 3 is 2.19 bits per heavy atom. The lowest BCUT2D eigenvalue weighted by atomic mass is 10.1. The molecule has 5 nitrogen and oxygen atoms in total. The standard InChI is InChI=1S/C21H40O5/c1-2-3-4-5-6-7-8-9-10-11-12-13-14-15-25-16-19(23)21-20(24)18(22)17-26-21/h9-10,18-24H,2-8,11-17H2,1H3/b10-9+/t18-,19+,20+,21+/m1/s1. The Bertz CT molecular complexity index is 347. The zero-order valence-corrected chi connectivity index (χ0v) is 16.5. The quantitative estimate of drug-likeness (QED) is 0.286. The third-order valence-corrected chi connectivity index (χ3v) is 4.91. The average Bonchev–Trinajstić information content (AvgIpc) is 2.97. The number of rotatable bonds is 16.